The molecule has 0 aromatic heterocycles. The van der Waals surface area contributed by atoms with Gasteiger partial charge >= 0.3 is 0 Å². The van der Waals surface area contributed by atoms with Crippen LogP contribution in [0.1, 0.15) is 24.8 Å². The lowest BCUT2D eigenvalue weighted by atomic mass is 9.91. The Labute approximate surface area is 186 Å². The second kappa shape index (κ2) is 10.7. The van der Waals surface area contributed by atoms with Gasteiger partial charge in [-0.2, -0.15) is 0 Å². The van der Waals surface area contributed by atoms with Crippen LogP contribution in [0.5, 0.6) is 5.75 Å². The van der Waals surface area contributed by atoms with Gasteiger partial charge in [-0.15, -0.1) is 0 Å². The van der Waals surface area contributed by atoms with Crippen molar-refractivity contribution in [1.82, 2.24) is 9.80 Å². The third-order valence-corrected chi connectivity index (χ3v) is 6.68. The molecule has 2 heterocycles. The SMILES string of the molecule is COc1ccccc1N1CCN(CCC(=O)N2CCCC(Cc3ccccc3)C2)CC1. The first kappa shape index (κ1) is 21.7. The van der Waals surface area contributed by atoms with Gasteiger partial charge in [-0.25, -0.2) is 0 Å². The molecule has 2 aliphatic heterocycles. The Hall–Kier alpha value is -2.53. The number of piperazine rings is 1. The number of hydrogen-bond acceptors (Lipinski definition) is 4. The minimum absolute atomic E-state index is 0.324. The average Bonchev–Trinajstić information content (AvgIpc) is 2.83. The molecule has 0 bridgehead atoms. The predicted octanol–water partition coefficient (Wildman–Crippen LogP) is 3.69. The smallest absolute Gasteiger partial charge is 0.223 e. The third-order valence-electron chi connectivity index (χ3n) is 6.68. The summed E-state index contributed by atoms with van der Waals surface area (Å²) in [7, 11) is 1.73. The maximum atomic E-state index is 12.9. The Morgan fingerprint density at radius 2 is 1.71 bits per heavy atom. The fraction of sp³-hybridized carbons (Fsp3) is 0.500. The Morgan fingerprint density at radius 1 is 0.968 bits per heavy atom. The lowest BCUT2D eigenvalue weighted by molar-refractivity contribution is -0.133. The molecular weight excluding hydrogens is 386 g/mol. The van der Waals surface area contributed by atoms with Crippen LogP contribution in [-0.2, 0) is 11.2 Å². The molecule has 31 heavy (non-hydrogen) atoms. The van der Waals surface area contributed by atoms with Crippen molar-refractivity contribution in [2.45, 2.75) is 25.7 Å². The molecule has 5 nitrogen and oxygen atoms in total. The number of benzene rings is 2. The third kappa shape index (κ3) is 5.79. The van der Waals surface area contributed by atoms with Gasteiger partial charge in [0.25, 0.3) is 0 Å². The predicted molar refractivity (Wildman–Crippen MR) is 126 cm³/mol. The fourth-order valence-corrected chi connectivity index (χ4v) is 4.92. The van der Waals surface area contributed by atoms with Crippen molar-refractivity contribution in [2.24, 2.45) is 5.92 Å². The van der Waals surface area contributed by atoms with E-state index in [0.29, 0.717) is 18.2 Å². The van der Waals surface area contributed by atoms with E-state index in [2.05, 4.69) is 57.2 Å². The van der Waals surface area contributed by atoms with Crippen molar-refractivity contribution in [3.05, 3.63) is 60.2 Å². The molecule has 0 N–H and O–H groups in total. The van der Waals surface area contributed by atoms with Gasteiger partial charge in [0, 0.05) is 52.2 Å². The minimum atomic E-state index is 0.324. The van der Waals surface area contributed by atoms with Crippen LogP contribution in [0, 0.1) is 5.92 Å². The van der Waals surface area contributed by atoms with Gasteiger partial charge in [0.2, 0.25) is 5.91 Å². The number of carbonyl (C=O) groups is 1. The Balaban J connectivity index is 1.21. The van der Waals surface area contributed by atoms with Crippen molar-refractivity contribution in [2.75, 3.05) is 57.8 Å². The van der Waals surface area contributed by atoms with Crippen molar-refractivity contribution < 1.29 is 9.53 Å². The highest BCUT2D eigenvalue weighted by Gasteiger charge is 2.25. The summed E-state index contributed by atoms with van der Waals surface area (Å²) in [6, 6.07) is 18.9. The molecule has 2 aromatic carbocycles. The summed E-state index contributed by atoms with van der Waals surface area (Å²) in [4.78, 5) is 19.8. The van der Waals surface area contributed by atoms with Crippen molar-refractivity contribution in [3.63, 3.8) is 0 Å². The minimum Gasteiger partial charge on any atom is -0.495 e. The number of rotatable bonds is 7. The summed E-state index contributed by atoms with van der Waals surface area (Å²) >= 11 is 0. The summed E-state index contributed by atoms with van der Waals surface area (Å²) < 4.78 is 5.51. The second-order valence-electron chi connectivity index (χ2n) is 8.79. The molecule has 0 saturated carbocycles. The van der Waals surface area contributed by atoms with Gasteiger partial charge in [-0.3, -0.25) is 9.69 Å². The van der Waals surface area contributed by atoms with E-state index in [4.69, 9.17) is 4.74 Å². The van der Waals surface area contributed by atoms with Gasteiger partial charge in [0.05, 0.1) is 12.8 Å². The monoisotopic (exact) mass is 421 g/mol. The lowest BCUT2D eigenvalue weighted by Gasteiger charge is -2.37. The number of piperidine rings is 1. The zero-order valence-corrected chi connectivity index (χ0v) is 18.7. The number of anilines is 1. The summed E-state index contributed by atoms with van der Waals surface area (Å²) in [5.41, 5.74) is 2.55. The highest BCUT2D eigenvalue weighted by molar-refractivity contribution is 5.76. The van der Waals surface area contributed by atoms with Crippen molar-refractivity contribution in [1.29, 1.82) is 0 Å². The molecule has 1 amide bonds. The average molecular weight is 422 g/mol. The second-order valence-corrected chi connectivity index (χ2v) is 8.79. The molecule has 166 valence electrons. The molecule has 2 aromatic rings. The largest absolute Gasteiger partial charge is 0.495 e. The van der Waals surface area contributed by atoms with E-state index in [1.165, 1.54) is 17.7 Å². The summed E-state index contributed by atoms with van der Waals surface area (Å²) in [5, 5.41) is 0. The first-order valence-corrected chi connectivity index (χ1v) is 11.6. The first-order valence-electron chi connectivity index (χ1n) is 11.6. The van der Waals surface area contributed by atoms with Gasteiger partial charge in [0.15, 0.2) is 0 Å². The van der Waals surface area contributed by atoms with E-state index in [-0.39, 0.29) is 0 Å². The number of carbonyl (C=O) groups excluding carboxylic acids is 1. The van der Waals surface area contributed by atoms with Gasteiger partial charge < -0.3 is 14.5 Å². The van der Waals surface area contributed by atoms with Crippen LogP contribution in [0.25, 0.3) is 0 Å². The number of para-hydroxylation sites is 2. The topological polar surface area (TPSA) is 36.0 Å². The molecular formula is C26H35N3O2. The van der Waals surface area contributed by atoms with Crippen molar-refractivity contribution in [3.8, 4) is 5.75 Å². The van der Waals surface area contributed by atoms with E-state index in [0.717, 1.165) is 64.4 Å². The standard InChI is InChI=1S/C26H35N3O2/c1-31-25-12-6-5-11-24(25)28-18-16-27(17-19-28)15-13-26(30)29-14-7-10-23(21-29)20-22-8-3-2-4-9-22/h2-6,8-9,11-12,23H,7,10,13-21H2,1H3. The van der Waals surface area contributed by atoms with Crippen LogP contribution in [0.15, 0.2) is 54.6 Å². The van der Waals surface area contributed by atoms with Crippen LogP contribution in [-0.4, -0.2) is 68.6 Å². The van der Waals surface area contributed by atoms with E-state index in [1.54, 1.807) is 7.11 Å². The Bertz CT molecular complexity index is 834. The van der Waals surface area contributed by atoms with Crippen LogP contribution in [0.3, 0.4) is 0 Å². The number of nitrogens with zero attached hydrogens (tertiary/aromatic N) is 3. The Morgan fingerprint density at radius 3 is 2.48 bits per heavy atom. The maximum absolute atomic E-state index is 12.9. The van der Waals surface area contributed by atoms with Crippen molar-refractivity contribution >= 4 is 11.6 Å². The molecule has 2 fully saturated rings. The molecule has 0 radical (unpaired) electrons. The number of amides is 1. The number of ether oxygens (including phenoxy) is 1. The molecule has 1 atom stereocenters. The number of hydrogen-bond donors (Lipinski definition) is 0. The van der Waals surface area contributed by atoms with E-state index < -0.39 is 0 Å². The summed E-state index contributed by atoms with van der Waals surface area (Å²) in [5.74, 6) is 1.84. The molecule has 0 spiro atoms. The van der Waals surface area contributed by atoms with Crippen LogP contribution < -0.4 is 9.64 Å². The Kier molecular flexibility index (Phi) is 7.47. The normalized spacial score (nSPS) is 20.0. The fourth-order valence-electron chi connectivity index (χ4n) is 4.92. The van der Waals surface area contributed by atoms with Crippen LogP contribution >= 0.6 is 0 Å². The first-order chi connectivity index (χ1) is 15.2. The molecule has 2 aliphatic rings. The number of likely N-dealkylation sites (tertiary alicyclic amines) is 1. The zero-order valence-electron chi connectivity index (χ0n) is 18.7. The zero-order chi connectivity index (χ0) is 21.5. The quantitative estimate of drug-likeness (QED) is 0.683. The maximum Gasteiger partial charge on any atom is 0.223 e. The van der Waals surface area contributed by atoms with E-state index in [9.17, 15) is 4.79 Å². The van der Waals surface area contributed by atoms with E-state index >= 15 is 0 Å². The number of methoxy groups -OCH3 is 1. The molecule has 5 heteroatoms. The van der Waals surface area contributed by atoms with Gasteiger partial charge in [-0.05, 0) is 42.9 Å². The van der Waals surface area contributed by atoms with Crippen LogP contribution in [0.4, 0.5) is 5.69 Å². The lowest BCUT2D eigenvalue weighted by Crippen LogP contribution is -2.48. The molecule has 0 aliphatic carbocycles. The highest BCUT2D eigenvalue weighted by atomic mass is 16.5. The molecule has 2 saturated heterocycles. The summed E-state index contributed by atoms with van der Waals surface area (Å²) in [6.45, 7) is 6.61. The van der Waals surface area contributed by atoms with Gasteiger partial charge in [-0.1, -0.05) is 42.5 Å². The molecule has 1 unspecified atom stereocenters. The molecule has 4 rings (SSSR count). The van der Waals surface area contributed by atoms with Gasteiger partial charge in [0.1, 0.15) is 5.75 Å². The summed E-state index contributed by atoms with van der Waals surface area (Å²) in [6.07, 6.45) is 4.06. The highest BCUT2D eigenvalue weighted by Crippen LogP contribution is 2.28. The van der Waals surface area contributed by atoms with Crippen LogP contribution in [0.2, 0.25) is 0 Å². The van der Waals surface area contributed by atoms with E-state index in [1.807, 2.05) is 12.1 Å².